The first-order chi connectivity index (χ1) is 7.84. The largest absolute Gasteiger partial charge is 0.414 e. The quantitative estimate of drug-likeness (QED) is 0.724. The number of benzene rings is 1. The summed E-state index contributed by atoms with van der Waals surface area (Å²) in [6.07, 6.45) is -6.85. The zero-order chi connectivity index (χ0) is 13.1. The molecule has 0 radical (unpaired) electrons. The van der Waals surface area contributed by atoms with Gasteiger partial charge in [0.25, 0.3) is 0 Å². The van der Waals surface area contributed by atoms with E-state index in [4.69, 9.17) is 16.3 Å². The van der Waals surface area contributed by atoms with Gasteiger partial charge < -0.3 is 4.74 Å². The second-order valence-electron chi connectivity index (χ2n) is 3.52. The van der Waals surface area contributed by atoms with Crippen LogP contribution in [0.1, 0.15) is 18.6 Å². The number of rotatable bonds is 4. The molecule has 2 atom stereocenters. The highest BCUT2D eigenvalue weighted by molar-refractivity contribution is 9.09. The van der Waals surface area contributed by atoms with Crippen LogP contribution in [-0.2, 0) is 4.74 Å². The molecule has 0 bridgehead atoms. The van der Waals surface area contributed by atoms with Gasteiger partial charge in [-0.15, -0.1) is 0 Å². The number of hydrogen-bond acceptors (Lipinski definition) is 1. The molecule has 96 valence electrons. The molecule has 0 amide bonds. The molecular weight excluding hydrogens is 320 g/mol. The zero-order valence-corrected chi connectivity index (χ0v) is 11.3. The second kappa shape index (κ2) is 6.07. The maximum atomic E-state index is 12.4. The van der Waals surface area contributed by atoms with Gasteiger partial charge in [0, 0.05) is 10.4 Å². The van der Waals surface area contributed by atoms with Crippen molar-refractivity contribution >= 4 is 27.5 Å². The molecule has 1 aromatic carbocycles. The first-order valence-electron chi connectivity index (χ1n) is 4.88. The Morgan fingerprint density at radius 3 is 2.53 bits per heavy atom. The van der Waals surface area contributed by atoms with E-state index in [1.54, 1.807) is 24.3 Å². The van der Waals surface area contributed by atoms with Crippen molar-refractivity contribution in [1.29, 1.82) is 0 Å². The summed E-state index contributed by atoms with van der Waals surface area (Å²) in [5.41, 5.74) is 0.616. The fraction of sp³-hybridized carbons (Fsp3) is 0.455. The van der Waals surface area contributed by atoms with E-state index in [-0.39, 0.29) is 5.33 Å². The van der Waals surface area contributed by atoms with Crippen LogP contribution in [0.3, 0.4) is 0 Å². The van der Waals surface area contributed by atoms with E-state index in [1.165, 1.54) is 0 Å². The van der Waals surface area contributed by atoms with E-state index in [2.05, 4.69) is 15.9 Å². The van der Waals surface area contributed by atoms with Crippen molar-refractivity contribution in [3.8, 4) is 0 Å². The van der Waals surface area contributed by atoms with Crippen LogP contribution in [0.25, 0.3) is 0 Å². The van der Waals surface area contributed by atoms with Crippen molar-refractivity contribution in [2.75, 3.05) is 5.33 Å². The summed E-state index contributed by atoms with van der Waals surface area (Å²) >= 11 is 8.92. The lowest BCUT2D eigenvalue weighted by atomic mass is 10.1. The molecule has 0 aliphatic heterocycles. The van der Waals surface area contributed by atoms with Gasteiger partial charge in [0.05, 0.1) is 6.10 Å². The SMILES string of the molecule is CC(OC(CBr)c1cccc(Cl)c1)C(F)(F)F. The highest BCUT2D eigenvalue weighted by atomic mass is 79.9. The van der Waals surface area contributed by atoms with Crippen molar-refractivity contribution in [3.63, 3.8) is 0 Å². The minimum atomic E-state index is -4.36. The van der Waals surface area contributed by atoms with Gasteiger partial charge in [-0.25, -0.2) is 0 Å². The van der Waals surface area contributed by atoms with Crippen molar-refractivity contribution in [2.45, 2.75) is 25.3 Å². The predicted molar refractivity (Wildman–Crippen MR) is 64.6 cm³/mol. The molecule has 1 rings (SSSR count). The first kappa shape index (κ1) is 14.8. The van der Waals surface area contributed by atoms with Gasteiger partial charge in [0.15, 0.2) is 6.10 Å². The first-order valence-corrected chi connectivity index (χ1v) is 6.38. The summed E-state index contributed by atoms with van der Waals surface area (Å²) in [5.74, 6) is 0. The smallest absolute Gasteiger partial charge is 0.360 e. The molecule has 1 nitrogen and oxygen atoms in total. The van der Waals surface area contributed by atoms with E-state index in [0.29, 0.717) is 10.6 Å². The molecule has 6 heteroatoms. The summed E-state index contributed by atoms with van der Waals surface area (Å²) in [5, 5.41) is 0.741. The lowest BCUT2D eigenvalue weighted by Gasteiger charge is -2.23. The molecule has 2 unspecified atom stereocenters. The summed E-state index contributed by atoms with van der Waals surface area (Å²) in [4.78, 5) is 0. The van der Waals surface area contributed by atoms with Crippen LogP contribution < -0.4 is 0 Å². The van der Waals surface area contributed by atoms with E-state index in [9.17, 15) is 13.2 Å². The number of alkyl halides is 4. The topological polar surface area (TPSA) is 9.23 Å². The van der Waals surface area contributed by atoms with Crippen LogP contribution in [0, 0.1) is 0 Å². The summed E-state index contributed by atoms with van der Waals surface area (Å²) in [6.45, 7) is 0.986. The van der Waals surface area contributed by atoms with Crippen LogP contribution in [0.15, 0.2) is 24.3 Å². The normalized spacial score (nSPS) is 15.6. The standard InChI is InChI=1S/C11H11BrClF3O/c1-7(11(14,15)16)17-10(6-12)8-3-2-4-9(13)5-8/h2-5,7,10H,6H2,1H3. The fourth-order valence-corrected chi connectivity index (χ4v) is 1.96. The van der Waals surface area contributed by atoms with Crippen LogP contribution >= 0.6 is 27.5 Å². The molecule has 0 saturated heterocycles. The molecular formula is C11H11BrClF3O. The summed E-state index contributed by atoms with van der Waals surface area (Å²) < 4.78 is 42.1. The van der Waals surface area contributed by atoms with Gasteiger partial charge in [-0.3, -0.25) is 0 Å². The van der Waals surface area contributed by atoms with Crippen molar-refractivity contribution in [2.24, 2.45) is 0 Å². The lowest BCUT2D eigenvalue weighted by Crippen LogP contribution is -2.30. The predicted octanol–water partition coefficient (Wildman–Crippen LogP) is 4.74. The average Bonchev–Trinajstić information content (AvgIpc) is 2.24. The minimum absolute atomic E-state index is 0.272. The average molecular weight is 332 g/mol. The lowest BCUT2D eigenvalue weighted by molar-refractivity contribution is -0.225. The van der Waals surface area contributed by atoms with Crippen molar-refractivity contribution in [3.05, 3.63) is 34.9 Å². The Morgan fingerprint density at radius 2 is 2.06 bits per heavy atom. The van der Waals surface area contributed by atoms with Crippen molar-refractivity contribution in [1.82, 2.24) is 0 Å². The minimum Gasteiger partial charge on any atom is -0.360 e. The highest BCUT2D eigenvalue weighted by Gasteiger charge is 2.38. The van der Waals surface area contributed by atoms with Gasteiger partial charge in [0.2, 0.25) is 0 Å². The number of hydrogen-bond donors (Lipinski definition) is 0. The van der Waals surface area contributed by atoms with Crippen LogP contribution in [-0.4, -0.2) is 17.6 Å². The molecule has 0 aliphatic carbocycles. The highest BCUT2D eigenvalue weighted by Crippen LogP contribution is 2.30. The van der Waals surface area contributed by atoms with Gasteiger partial charge in [-0.2, -0.15) is 13.2 Å². The molecule has 0 N–H and O–H groups in total. The maximum Gasteiger partial charge on any atom is 0.414 e. The summed E-state index contributed by atoms with van der Waals surface area (Å²) in [7, 11) is 0. The zero-order valence-electron chi connectivity index (χ0n) is 8.97. The molecule has 17 heavy (non-hydrogen) atoms. The van der Waals surface area contributed by atoms with Gasteiger partial charge >= 0.3 is 6.18 Å². The Balaban J connectivity index is 2.79. The number of ether oxygens (including phenoxy) is 1. The van der Waals surface area contributed by atoms with Crippen molar-refractivity contribution < 1.29 is 17.9 Å². The third kappa shape index (κ3) is 4.48. The van der Waals surface area contributed by atoms with E-state index < -0.39 is 18.4 Å². The van der Waals surface area contributed by atoms with Gasteiger partial charge in [0.1, 0.15) is 0 Å². The van der Waals surface area contributed by atoms with E-state index in [0.717, 1.165) is 6.92 Å². The monoisotopic (exact) mass is 330 g/mol. The summed E-state index contributed by atoms with van der Waals surface area (Å²) in [6, 6.07) is 6.61. The van der Waals surface area contributed by atoms with Gasteiger partial charge in [-0.05, 0) is 24.6 Å². The van der Waals surface area contributed by atoms with Crippen LogP contribution in [0.2, 0.25) is 5.02 Å². The number of halogens is 5. The Labute approximate surface area is 111 Å². The van der Waals surface area contributed by atoms with Gasteiger partial charge in [-0.1, -0.05) is 39.7 Å². The fourth-order valence-electron chi connectivity index (χ4n) is 1.23. The molecule has 0 fully saturated rings. The Kier molecular flexibility index (Phi) is 5.28. The third-order valence-electron chi connectivity index (χ3n) is 2.19. The van der Waals surface area contributed by atoms with Crippen LogP contribution in [0.5, 0.6) is 0 Å². The molecule has 0 spiro atoms. The molecule has 0 saturated carbocycles. The third-order valence-corrected chi connectivity index (χ3v) is 3.01. The molecule has 0 aliphatic rings. The second-order valence-corrected chi connectivity index (χ2v) is 4.60. The van der Waals surface area contributed by atoms with E-state index in [1.807, 2.05) is 0 Å². The van der Waals surface area contributed by atoms with Crippen LogP contribution in [0.4, 0.5) is 13.2 Å². The Bertz CT molecular complexity index is 370. The Morgan fingerprint density at radius 1 is 1.41 bits per heavy atom. The molecule has 0 aromatic heterocycles. The maximum absolute atomic E-state index is 12.4. The molecule has 1 aromatic rings. The molecule has 0 heterocycles. The van der Waals surface area contributed by atoms with E-state index >= 15 is 0 Å². The Hall–Kier alpha value is -0.260.